The molecule has 0 aliphatic carbocycles. The Bertz CT molecular complexity index is 414. The van der Waals surface area contributed by atoms with Crippen molar-refractivity contribution in [2.75, 3.05) is 18.0 Å². The molecule has 2 rings (SSSR count). The van der Waals surface area contributed by atoms with Gasteiger partial charge in [0.1, 0.15) is 5.82 Å². The molecule has 1 saturated heterocycles. The molecule has 1 aromatic rings. The van der Waals surface area contributed by atoms with Crippen LogP contribution in [0.5, 0.6) is 0 Å². The number of anilines is 1. The second kappa shape index (κ2) is 5.70. The van der Waals surface area contributed by atoms with E-state index in [-0.39, 0.29) is 0 Å². The van der Waals surface area contributed by atoms with Crippen LogP contribution in [0.2, 0.25) is 0 Å². The molecule has 0 bridgehead atoms. The van der Waals surface area contributed by atoms with Gasteiger partial charge >= 0.3 is 0 Å². The third kappa shape index (κ3) is 2.83. The predicted molar refractivity (Wildman–Crippen MR) is 76.8 cm³/mol. The molecule has 0 aromatic carbocycles. The lowest BCUT2D eigenvalue weighted by atomic mass is 10.0. The normalized spacial score (nSPS) is 20.9. The Kier molecular flexibility index (Phi) is 4.23. The highest BCUT2D eigenvalue weighted by Gasteiger charge is 2.18. The van der Waals surface area contributed by atoms with Gasteiger partial charge in [-0.25, -0.2) is 4.98 Å². The molecule has 1 aliphatic heterocycles. The van der Waals surface area contributed by atoms with Gasteiger partial charge in [0.2, 0.25) is 0 Å². The molecule has 1 aromatic heterocycles. The first-order chi connectivity index (χ1) is 8.61. The number of hydrogen-bond donors (Lipinski definition) is 1. The largest absolute Gasteiger partial charge is 0.356 e. The van der Waals surface area contributed by atoms with Crippen LogP contribution in [-0.2, 0) is 6.54 Å². The van der Waals surface area contributed by atoms with Crippen molar-refractivity contribution in [2.24, 2.45) is 11.7 Å². The molecule has 0 saturated carbocycles. The monoisotopic (exact) mass is 247 g/mol. The molecule has 3 nitrogen and oxygen atoms in total. The smallest absolute Gasteiger partial charge is 0.133 e. The molecule has 2 N–H and O–H groups in total. The molecule has 1 atom stereocenters. The van der Waals surface area contributed by atoms with Crippen LogP contribution in [0.1, 0.15) is 43.0 Å². The molecule has 1 fully saturated rings. The second-order valence-corrected chi connectivity index (χ2v) is 5.61. The van der Waals surface area contributed by atoms with E-state index in [1.165, 1.54) is 30.4 Å². The maximum atomic E-state index is 5.91. The van der Waals surface area contributed by atoms with Crippen molar-refractivity contribution < 1.29 is 0 Å². The summed E-state index contributed by atoms with van der Waals surface area (Å²) in [6, 6.07) is 2.13. The van der Waals surface area contributed by atoms with E-state index in [2.05, 4.69) is 31.7 Å². The third-order valence-electron chi connectivity index (χ3n) is 3.97. The molecule has 0 spiro atoms. The minimum Gasteiger partial charge on any atom is -0.356 e. The zero-order chi connectivity index (χ0) is 13.1. The second-order valence-electron chi connectivity index (χ2n) is 5.61. The van der Waals surface area contributed by atoms with E-state index in [1.54, 1.807) is 0 Å². The van der Waals surface area contributed by atoms with Crippen molar-refractivity contribution in [1.82, 2.24) is 4.98 Å². The van der Waals surface area contributed by atoms with E-state index in [1.807, 2.05) is 0 Å². The number of nitrogens with zero attached hydrogens (tertiary/aromatic N) is 2. The summed E-state index contributed by atoms with van der Waals surface area (Å²) in [5.41, 5.74) is 9.50. The predicted octanol–water partition coefficient (Wildman–Crippen LogP) is 2.78. The fourth-order valence-corrected chi connectivity index (χ4v) is 2.83. The quantitative estimate of drug-likeness (QED) is 0.874. The van der Waals surface area contributed by atoms with Crippen molar-refractivity contribution in [3.05, 3.63) is 22.9 Å². The van der Waals surface area contributed by atoms with Gasteiger partial charge in [-0.15, -0.1) is 0 Å². The van der Waals surface area contributed by atoms with Crippen LogP contribution < -0.4 is 10.6 Å². The van der Waals surface area contributed by atoms with E-state index < -0.39 is 0 Å². The molecular weight excluding hydrogens is 222 g/mol. The molecule has 1 unspecified atom stereocenters. The van der Waals surface area contributed by atoms with Gasteiger partial charge in [-0.1, -0.05) is 6.92 Å². The van der Waals surface area contributed by atoms with Crippen molar-refractivity contribution in [1.29, 1.82) is 0 Å². The van der Waals surface area contributed by atoms with Gasteiger partial charge < -0.3 is 10.6 Å². The van der Waals surface area contributed by atoms with Crippen LogP contribution in [0.15, 0.2) is 6.07 Å². The van der Waals surface area contributed by atoms with Gasteiger partial charge in [-0.05, 0) is 50.7 Å². The molecule has 2 heterocycles. The summed E-state index contributed by atoms with van der Waals surface area (Å²) in [6.07, 6.45) is 3.86. The molecular formula is C15H25N3. The highest BCUT2D eigenvalue weighted by atomic mass is 15.2. The molecule has 3 heteroatoms. The number of aryl methyl sites for hydroxylation is 2. The first-order valence-electron chi connectivity index (χ1n) is 7.04. The summed E-state index contributed by atoms with van der Waals surface area (Å²) in [5, 5.41) is 0. The van der Waals surface area contributed by atoms with Gasteiger partial charge in [-0.3, -0.25) is 0 Å². The Morgan fingerprint density at radius 1 is 1.33 bits per heavy atom. The topological polar surface area (TPSA) is 42.1 Å². The number of aromatic nitrogens is 1. The van der Waals surface area contributed by atoms with Crippen LogP contribution >= 0.6 is 0 Å². The Labute approximate surface area is 110 Å². The zero-order valence-electron chi connectivity index (χ0n) is 11.9. The van der Waals surface area contributed by atoms with Crippen molar-refractivity contribution in [2.45, 2.75) is 46.6 Å². The summed E-state index contributed by atoms with van der Waals surface area (Å²) < 4.78 is 0. The van der Waals surface area contributed by atoms with E-state index in [4.69, 9.17) is 10.7 Å². The summed E-state index contributed by atoms with van der Waals surface area (Å²) in [4.78, 5) is 7.18. The average molecular weight is 247 g/mol. The fraction of sp³-hybridized carbons (Fsp3) is 0.667. The molecule has 0 amide bonds. The number of hydrogen-bond acceptors (Lipinski definition) is 3. The number of rotatable bonds is 2. The zero-order valence-corrected chi connectivity index (χ0v) is 11.9. The van der Waals surface area contributed by atoms with Crippen LogP contribution in [0.25, 0.3) is 0 Å². The average Bonchev–Trinajstić information content (AvgIpc) is 2.53. The van der Waals surface area contributed by atoms with E-state index in [0.29, 0.717) is 6.54 Å². The van der Waals surface area contributed by atoms with Gasteiger partial charge in [0.05, 0.1) is 0 Å². The van der Waals surface area contributed by atoms with E-state index in [0.717, 1.165) is 30.5 Å². The first kappa shape index (κ1) is 13.3. The fourth-order valence-electron chi connectivity index (χ4n) is 2.83. The van der Waals surface area contributed by atoms with Crippen LogP contribution in [0.4, 0.5) is 5.82 Å². The van der Waals surface area contributed by atoms with Gasteiger partial charge in [0, 0.05) is 30.9 Å². The van der Waals surface area contributed by atoms with Gasteiger partial charge in [0.25, 0.3) is 0 Å². The summed E-state index contributed by atoms with van der Waals surface area (Å²) in [6.45, 7) is 9.37. The summed E-state index contributed by atoms with van der Waals surface area (Å²) in [7, 11) is 0. The van der Waals surface area contributed by atoms with Crippen LogP contribution in [0, 0.1) is 19.8 Å². The van der Waals surface area contributed by atoms with Gasteiger partial charge in [0.15, 0.2) is 0 Å². The summed E-state index contributed by atoms with van der Waals surface area (Å²) in [5.74, 6) is 1.96. The minimum atomic E-state index is 0.584. The van der Waals surface area contributed by atoms with Crippen LogP contribution in [-0.4, -0.2) is 18.1 Å². The maximum absolute atomic E-state index is 5.91. The highest BCUT2D eigenvalue weighted by Crippen LogP contribution is 2.26. The molecule has 0 radical (unpaired) electrons. The molecule has 1 aliphatic rings. The van der Waals surface area contributed by atoms with Gasteiger partial charge in [-0.2, -0.15) is 0 Å². The lowest BCUT2D eigenvalue weighted by Gasteiger charge is -2.25. The highest BCUT2D eigenvalue weighted by molar-refractivity contribution is 5.51. The third-order valence-corrected chi connectivity index (χ3v) is 3.97. The first-order valence-corrected chi connectivity index (χ1v) is 7.04. The van der Waals surface area contributed by atoms with Crippen LogP contribution in [0.3, 0.4) is 0 Å². The molecule has 18 heavy (non-hydrogen) atoms. The SMILES string of the molecule is Cc1cc(C)c(CN)c(N2CCCC(C)CC2)n1. The lowest BCUT2D eigenvalue weighted by Crippen LogP contribution is -2.27. The van der Waals surface area contributed by atoms with E-state index in [9.17, 15) is 0 Å². The Morgan fingerprint density at radius 2 is 2.11 bits per heavy atom. The van der Waals surface area contributed by atoms with Crippen molar-refractivity contribution >= 4 is 5.82 Å². The van der Waals surface area contributed by atoms with E-state index >= 15 is 0 Å². The van der Waals surface area contributed by atoms with Crippen molar-refractivity contribution in [3.8, 4) is 0 Å². The Hall–Kier alpha value is -1.09. The molecule has 100 valence electrons. The summed E-state index contributed by atoms with van der Waals surface area (Å²) >= 11 is 0. The standard InChI is InChI=1S/C15H25N3/c1-11-5-4-7-18(8-6-11)15-14(10-16)12(2)9-13(3)17-15/h9,11H,4-8,10,16H2,1-3H3. The minimum absolute atomic E-state index is 0.584. The Morgan fingerprint density at radius 3 is 2.83 bits per heavy atom. The van der Waals surface area contributed by atoms with Crippen molar-refractivity contribution in [3.63, 3.8) is 0 Å². The lowest BCUT2D eigenvalue weighted by molar-refractivity contribution is 0.521. The maximum Gasteiger partial charge on any atom is 0.133 e. The number of nitrogens with two attached hydrogens (primary N) is 1. The number of pyridine rings is 1. The Balaban J connectivity index is 2.31.